The fraction of sp³-hybridized carbons (Fsp3) is 0.222. The van der Waals surface area contributed by atoms with E-state index in [2.05, 4.69) is 15.9 Å². The van der Waals surface area contributed by atoms with Crippen molar-refractivity contribution < 1.29 is 9.72 Å². The molecule has 0 fully saturated rings. The summed E-state index contributed by atoms with van der Waals surface area (Å²) in [6.07, 6.45) is 0. The molecular weight excluding hydrogens is 285 g/mol. The first-order valence-electron chi connectivity index (χ1n) is 4.01. The van der Waals surface area contributed by atoms with Crippen LogP contribution < -0.4 is 0 Å². The number of alkyl halides is 1. The molecule has 0 spiro atoms. The van der Waals surface area contributed by atoms with E-state index in [1.165, 1.54) is 12.1 Å². The number of ketones is 1. The zero-order chi connectivity index (χ0) is 11.6. The number of nitro groups is 1. The minimum Gasteiger partial charge on any atom is -0.293 e. The van der Waals surface area contributed by atoms with E-state index in [0.29, 0.717) is 15.6 Å². The van der Waals surface area contributed by atoms with Gasteiger partial charge in [0.2, 0.25) is 0 Å². The molecule has 0 heterocycles. The highest BCUT2D eigenvalue weighted by atomic mass is 79.9. The molecule has 0 saturated heterocycles. The molecule has 4 nitrogen and oxygen atoms in total. The molecule has 6 heteroatoms. The van der Waals surface area contributed by atoms with Gasteiger partial charge in [-0.15, -0.1) is 11.6 Å². The van der Waals surface area contributed by atoms with Crippen molar-refractivity contribution in [2.45, 2.75) is 6.92 Å². The molecule has 1 aromatic rings. The Morgan fingerprint density at radius 2 is 2.20 bits per heavy atom. The minimum atomic E-state index is -0.492. The van der Waals surface area contributed by atoms with E-state index in [0.717, 1.165) is 0 Å². The van der Waals surface area contributed by atoms with Gasteiger partial charge in [0.15, 0.2) is 5.78 Å². The van der Waals surface area contributed by atoms with Gasteiger partial charge in [-0.2, -0.15) is 0 Å². The number of Topliss-reactive ketones (excluding diaryl/α,β-unsaturated/α-hetero) is 1. The molecule has 1 rings (SSSR count). The number of hydrogen-bond acceptors (Lipinski definition) is 3. The van der Waals surface area contributed by atoms with E-state index in [-0.39, 0.29) is 17.4 Å². The fourth-order valence-corrected chi connectivity index (χ4v) is 2.06. The van der Waals surface area contributed by atoms with Crippen LogP contribution in [0.1, 0.15) is 15.9 Å². The molecule has 15 heavy (non-hydrogen) atoms. The third-order valence-electron chi connectivity index (χ3n) is 1.88. The van der Waals surface area contributed by atoms with Gasteiger partial charge in [-0.05, 0) is 35.0 Å². The lowest BCUT2D eigenvalue weighted by Crippen LogP contribution is -2.02. The van der Waals surface area contributed by atoms with Crippen molar-refractivity contribution in [3.8, 4) is 0 Å². The van der Waals surface area contributed by atoms with Crippen molar-refractivity contribution in [2.75, 3.05) is 5.88 Å². The summed E-state index contributed by atoms with van der Waals surface area (Å²) in [5, 5.41) is 10.7. The predicted molar refractivity (Wildman–Crippen MR) is 60.6 cm³/mol. The Morgan fingerprint density at radius 3 is 2.60 bits per heavy atom. The van der Waals surface area contributed by atoms with Crippen LogP contribution in [0.15, 0.2) is 16.6 Å². The van der Waals surface area contributed by atoms with E-state index in [1.54, 1.807) is 6.92 Å². The summed E-state index contributed by atoms with van der Waals surface area (Å²) in [7, 11) is 0. The van der Waals surface area contributed by atoms with Gasteiger partial charge in [0.25, 0.3) is 5.69 Å². The lowest BCUT2D eigenvalue weighted by molar-refractivity contribution is -0.386. The number of halogens is 2. The van der Waals surface area contributed by atoms with Gasteiger partial charge in [0, 0.05) is 11.1 Å². The smallest absolute Gasteiger partial charge is 0.286 e. The van der Waals surface area contributed by atoms with E-state index in [4.69, 9.17) is 11.6 Å². The predicted octanol–water partition coefficient (Wildman–Crippen LogP) is 3.09. The number of rotatable bonds is 3. The molecule has 0 aromatic heterocycles. The molecule has 0 aliphatic carbocycles. The Bertz CT molecular complexity index is 410. The average molecular weight is 293 g/mol. The number of nitro benzene ring substituents is 1. The van der Waals surface area contributed by atoms with E-state index < -0.39 is 4.92 Å². The van der Waals surface area contributed by atoms with Crippen LogP contribution in [0.2, 0.25) is 0 Å². The van der Waals surface area contributed by atoms with Crippen LogP contribution >= 0.6 is 27.5 Å². The average Bonchev–Trinajstić information content (AvgIpc) is 2.14. The summed E-state index contributed by atoms with van der Waals surface area (Å²) in [4.78, 5) is 21.4. The summed E-state index contributed by atoms with van der Waals surface area (Å²) in [6, 6.07) is 2.88. The topological polar surface area (TPSA) is 60.2 Å². The third kappa shape index (κ3) is 2.54. The Kier molecular flexibility index (Phi) is 3.82. The molecule has 0 unspecified atom stereocenters. The molecule has 0 N–H and O–H groups in total. The Hall–Kier alpha value is -0.940. The molecule has 0 aliphatic rings. The molecule has 0 amide bonds. The first kappa shape index (κ1) is 12.1. The van der Waals surface area contributed by atoms with Crippen molar-refractivity contribution in [2.24, 2.45) is 0 Å². The maximum Gasteiger partial charge on any atom is 0.286 e. The molecule has 0 radical (unpaired) electrons. The van der Waals surface area contributed by atoms with E-state index in [1.807, 2.05) is 0 Å². The second-order valence-electron chi connectivity index (χ2n) is 2.94. The Morgan fingerprint density at radius 1 is 1.60 bits per heavy atom. The summed E-state index contributed by atoms with van der Waals surface area (Å²) < 4.78 is 0.293. The van der Waals surface area contributed by atoms with Crippen LogP contribution in [-0.4, -0.2) is 16.6 Å². The molecule has 80 valence electrons. The van der Waals surface area contributed by atoms with Crippen molar-refractivity contribution in [3.05, 3.63) is 37.8 Å². The number of carbonyl (C=O) groups is 1. The lowest BCUT2D eigenvalue weighted by atomic mass is 10.1. The second-order valence-corrected chi connectivity index (χ2v) is 4.06. The monoisotopic (exact) mass is 291 g/mol. The van der Waals surface area contributed by atoms with Gasteiger partial charge in [0.05, 0.1) is 15.3 Å². The molecule has 0 atom stereocenters. The third-order valence-corrected chi connectivity index (χ3v) is 2.73. The van der Waals surface area contributed by atoms with Gasteiger partial charge in [-0.25, -0.2) is 0 Å². The van der Waals surface area contributed by atoms with Crippen LogP contribution in [0.5, 0.6) is 0 Å². The summed E-state index contributed by atoms with van der Waals surface area (Å²) in [5.74, 6) is -0.390. The standard InChI is InChI=1S/C9H7BrClNO3/c1-5-2-6(8(13)4-11)3-7(10)9(5)12(14)15/h2-3H,4H2,1H3. The van der Waals surface area contributed by atoms with E-state index >= 15 is 0 Å². The Balaban J connectivity index is 3.31. The van der Waals surface area contributed by atoms with Crippen molar-refractivity contribution in [1.82, 2.24) is 0 Å². The highest BCUT2D eigenvalue weighted by Gasteiger charge is 2.18. The van der Waals surface area contributed by atoms with Gasteiger partial charge in [0.1, 0.15) is 0 Å². The minimum absolute atomic E-state index is 0.0267. The Labute approximate surface area is 99.5 Å². The van der Waals surface area contributed by atoms with Crippen molar-refractivity contribution in [1.29, 1.82) is 0 Å². The highest BCUT2D eigenvalue weighted by molar-refractivity contribution is 9.10. The first-order chi connectivity index (χ1) is 6.97. The van der Waals surface area contributed by atoms with Crippen molar-refractivity contribution >= 4 is 39.0 Å². The maximum absolute atomic E-state index is 11.3. The van der Waals surface area contributed by atoms with Gasteiger partial charge >= 0.3 is 0 Å². The molecule has 0 saturated carbocycles. The molecule has 1 aromatic carbocycles. The largest absolute Gasteiger partial charge is 0.293 e. The maximum atomic E-state index is 11.3. The fourth-order valence-electron chi connectivity index (χ4n) is 1.21. The first-order valence-corrected chi connectivity index (χ1v) is 5.33. The van der Waals surface area contributed by atoms with Crippen LogP contribution in [0.3, 0.4) is 0 Å². The number of nitrogens with zero attached hydrogens (tertiary/aromatic N) is 1. The molecular formula is C9H7BrClNO3. The van der Waals surface area contributed by atoms with Crippen LogP contribution in [-0.2, 0) is 0 Å². The van der Waals surface area contributed by atoms with Crippen LogP contribution in [0, 0.1) is 17.0 Å². The highest BCUT2D eigenvalue weighted by Crippen LogP contribution is 2.30. The zero-order valence-electron chi connectivity index (χ0n) is 7.79. The zero-order valence-corrected chi connectivity index (χ0v) is 10.1. The lowest BCUT2D eigenvalue weighted by Gasteiger charge is -2.03. The summed E-state index contributed by atoms with van der Waals surface area (Å²) in [6.45, 7) is 1.58. The summed E-state index contributed by atoms with van der Waals surface area (Å²) >= 11 is 8.45. The second kappa shape index (κ2) is 4.72. The van der Waals surface area contributed by atoms with E-state index in [9.17, 15) is 14.9 Å². The normalized spacial score (nSPS) is 10.1. The number of hydrogen-bond donors (Lipinski definition) is 0. The number of aryl methyl sites for hydroxylation is 1. The van der Waals surface area contributed by atoms with Crippen molar-refractivity contribution in [3.63, 3.8) is 0 Å². The van der Waals surface area contributed by atoms with Crippen LogP contribution in [0.25, 0.3) is 0 Å². The summed E-state index contributed by atoms with van der Waals surface area (Å²) in [5.41, 5.74) is 0.781. The SMILES string of the molecule is Cc1cc(C(=O)CCl)cc(Br)c1[N+](=O)[O-]. The molecule has 0 aliphatic heterocycles. The van der Waals surface area contributed by atoms with Gasteiger partial charge in [-0.3, -0.25) is 14.9 Å². The molecule has 0 bridgehead atoms. The quantitative estimate of drug-likeness (QED) is 0.372. The van der Waals surface area contributed by atoms with Gasteiger partial charge < -0.3 is 0 Å². The number of benzene rings is 1. The van der Waals surface area contributed by atoms with Crippen LogP contribution in [0.4, 0.5) is 5.69 Å². The van der Waals surface area contributed by atoms with Gasteiger partial charge in [-0.1, -0.05) is 0 Å². The number of carbonyl (C=O) groups excluding carboxylic acids is 1.